The summed E-state index contributed by atoms with van der Waals surface area (Å²) in [5, 5.41) is 6.14. The molecule has 7 heteroatoms. The van der Waals surface area contributed by atoms with Gasteiger partial charge in [-0.25, -0.2) is 4.39 Å². The number of amides is 1. The van der Waals surface area contributed by atoms with E-state index in [-0.39, 0.29) is 18.3 Å². The Hall–Kier alpha value is -5.14. The minimum atomic E-state index is -0.423. The van der Waals surface area contributed by atoms with E-state index < -0.39 is 5.82 Å². The highest BCUT2D eigenvalue weighted by Crippen LogP contribution is 2.30. The number of halogens is 1. The minimum absolute atomic E-state index is 0.0620. The molecule has 2 N–H and O–H groups in total. The predicted molar refractivity (Wildman–Crippen MR) is 175 cm³/mol. The number of hydrogen-bond acceptors (Lipinski definition) is 5. The number of benzene rings is 5. The third-order valence-corrected chi connectivity index (χ3v) is 7.31. The maximum absolute atomic E-state index is 14.1. The highest BCUT2D eigenvalue weighted by Gasteiger charge is 2.11. The lowest BCUT2D eigenvalue weighted by Gasteiger charge is -2.16. The van der Waals surface area contributed by atoms with Gasteiger partial charge in [-0.2, -0.15) is 0 Å². The van der Waals surface area contributed by atoms with E-state index in [2.05, 4.69) is 47.9 Å². The first-order valence-corrected chi connectivity index (χ1v) is 14.9. The molecule has 0 aliphatic rings. The van der Waals surface area contributed by atoms with Gasteiger partial charge in [0.1, 0.15) is 30.5 Å². The normalized spacial score (nSPS) is 10.7. The summed E-state index contributed by atoms with van der Waals surface area (Å²) in [5.41, 5.74) is 6.46. The van der Waals surface area contributed by atoms with Gasteiger partial charge < -0.3 is 24.8 Å². The van der Waals surface area contributed by atoms with Gasteiger partial charge in [0.25, 0.3) is 0 Å². The van der Waals surface area contributed by atoms with Gasteiger partial charge in [-0.15, -0.1) is 0 Å². The molecular weight excluding hydrogens is 567 g/mol. The van der Waals surface area contributed by atoms with Crippen LogP contribution >= 0.6 is 0 Å². The van der Waals surface area contributed by atoms with Crippen LogP contribution in [-0.2, 0) is 24.6 Å². The van der Waals surface area contributed by atoms with E-state index in [1.807, 2.05) is 54.6 Å². The Labute approximate surface area is 263 Å². The molecule has 230 valence electrons. The standard InChI is InChI=1S/C38H37FN2O4/c1-27-32(13-9-15-35(27)30-11-4-3-5-12-30)26-43-33-19-18-31(24-40-20-21-41-28(2)42)38(23-33)44-25-29-10-8-14-34(22-29)45-37-17-7-6-16-36(37)39/h3-19,22-23,40H,20-21,24-26H2,1-2H3,(H,41,42). The molecule has 5 aromatic carbocycles. The number of ether oxygens (including phenoxy) is 3. The van der Waals surface area contributed by atoms with Crippen molar-refractivity contribution >= 4 is 5.91 Å². The summed E-state index contributed by atoms with van der Waals surface area (Å²) in [4.78, 5) is 11.2. The fraction of sp³-hybridized carbons (Fsp3) is 0.184. The van der Waals surface area contributed by atoms with Crippen LogP contribution in [0.25, 0.3) is 11.1 Å². The first kappa shape index (κ1) is 31.3. The van der Waals surface area contributed by atoms with E-state index in [0.717, 1.165) is 16.7 Å². The Balaban J connectivity index is 1.29. The fourth-order valence-corrected chi connectivity index (χ4v) is 4.90. The van der Waals surface area contributed by atoms with Crippen LogP contribution in [0.2, 0.25) is 0 Å². The van der Waals surface area contributed by atoms with Crippen molar-refractivity contribution in [2.45, 2.75) is 33.6 Å². The summed E-state index contributed by atoms with van der Waals surface area (Å²) < 4.78 is 32.5. The van der Waals surface area contributed by atoms with Crippen LogP contribution in [0.15, 0.2) is 115 Å². The Kier molecular flexibility index (Phi) is 10.8. The van der Waals surface area contributed by atoms with Gasteiger partial charge >= 0.3 is 0 Å². The smallest absolute Gasteiger partial charge is 0.216 e. The SMILES string of the molecule is CC(=O)NCCNCc1ccc(OCc2cccc(-c3ccccc3)c2C)cc1OCc1cccc(Oc2ccccc2F)c1. The molecule has 0 bridgehead atoms. The van der Waals surface area contributed by atoms with Gasteiger partial charge in [0.15, 0.2) is 11.6 Å². The van der Waals surface area contributed by atoms with Crippen molar-refractivity contribution in [3.05, 3.63) is 143 Å². The van der Waals surface area contributed by atoms with Crippen LogP contribution in [0, 0.1) is 12.7 Å². The summed E-state index contributed by atoms with van der Waals surface area (Å²) in [6.07, 6.45) is 0. The van der Waals surface area contributed by atoms with Crippen molar-refractivity contribution in [3.63, 3.8) is 0 Å². The first-order valence-electron chi connectivity index (χ1n) is 14.9. The lowest BCUT2D eigenvalue weighted by Crippen LogP contribution is -2.30. The average molecular weight is 605 g/mol. The zero-order valence-corrected chi connectivity index (χ0v) is 25.5. The Morgan fingerprint density at radius 2 is 1.51 bits per heavy atom. The second kappa shape index (κ2) is 15.5. The Morgan fingerprint density at radius 3 is 2.33 bits per heavy atom. The van der Waals surface area contributed by atoms with Gasteiger partial charge in [-0.3, -0.25) is 4.79 Å². The number of carbonyl (C=O) groups excluding carboxylic acids is 1. The monoisotopic (exact) mass is 604 g/mol. The van der Waals surface area contributed by atoms with Crippen LogP contribution in [0.1, 0.15) is 29.2 Å². The first-order chi connectivity index (χ1) is 22.0. The van der Waals surface area contributed by atoms with Crippen LogP contribution in [0.5, 0.6) is 23.0 Å². The summed E-state index contributed by atoms with van der Waals surface area (Å²) in [7, 11) is 0. The van der Waals surface area contributed by atoms with Crippen molar-refractivity contribution in [2.75, 3.05) is 13.1 Å². The van der Waals surface area contributed by atoms with Crippen LogP contribution in [0.4, 0.5) is 4.39 Å². The van der Waals surface area contributed by atoms with Crippen LogP contribution in [-0.4, -0.2) is 19.0 Å². The largest absolute Gasteiger partial charge is 0.489 e. The topological polar surface area (TPSA) is 68.8 Å². The summed E-state index contributed by atoms with van der Waals surface area (Å²) in [6, 6.07) is 36.1. The molecule has 0 fully saturated rings. The van der Waals surface area contributed by atoms with Gasteiger partial charge in [0, 0.05) is 38.2 Å². The Bertz CT molecular complexity index is 1720. The van der Waals surface area contributed by atoms with E-state index in [4.69, 9.17) is 14.2 Å². The lowest BCUT2D eigenvalue weighted by molar-refractivity contribution is -0.118. The van der Waals surface area contributed by atoms with Gasteiger partial charge in [-0.05, 0) is 65.1 Å². The number of carbonyl (C=O) groups is 1. The summed E-state index contributed by atoms with van der Waals surface area (Å²) in [5.74, 6) is 1.56. The van der Waals surface area contributed by atoms with Crippen LogP contribution < -0.4 is 24.8 Å². The van der Waals surface area contributed by atoms with Gasteiger partial charge in [-0.1, -0.05) is 78.9 Å². The third-order valence-electron chi connectivity index (χ3n) is 7.31. The molecule has 0 saturated carbocycles. The zero-order chi connectivity index (χ0) is 31.4. The molecule has 0 radical (unpaired) electrons. The van der Waals surface area contributed by atoms with Crippen molar-refractivity contribution in [1.29, 1.82) is 0 Å². The van der Waals surface area contributed by atoms with Crippen molar-refractivity contribution in [2.24, 2.45) is 0 Å². The second-order valence-corrected chi connectivity index (χ2v) is 10.6. The molecule has 0 heterocycles. The van der Waals surface area contributed by atoms with E-state index >= 15 is 0 Å². The van der Waals surface area contributed by atoms with E-state index in [0.29, 0.717) is 43.5 Å². The summed E-state index contributed by atoms with van der Waals surface area (Å²) >= 11 is 0. The maximum Gasteiger partial charge on any atom is 0.216 e. The predicted octanol–water partition coefficient (Wildman–Crippen LogP) is 7.98. The molecule has 0 spiro atoms. The molecule has 45 heavy (non-hydrogen) atoms. The third kappa shape index (κ3) is 8.94. The molecule has 5 aromatic rings. The molecule has 0 atom stereocenters. The van der Waals surface area contributed by atoms with Crippen molar-refractivity contribution < 1.29 is 23.4 Å². The molecule has 0 aromatic heterocycles. The molecule has 0 unspecified atom stereocenters. The van der Waals surface area contributed by atoms with E-state index in [1.54, 1.807) is 24.3 Å². The lowest BCUT2D eigenvalue weighted by atomic mass is 9.97. The quantitative estimate of drug-likeness (QED) is 0.126. The fourth-order valence-electron chi connectivity index (χ4n) is 4.90. The minimum Gasteiger partial charge on any atom is -0.489 e. The van der Waals surface area contributed by atoms with E-state index in [9.17, 15) is 9.18 Å². The highest BCUT2D eigenvalue weighted by atomic mass is 19.1. The molecular formula is C38H37FN2O4. The number of rotatable bonds is 14. The molecule has 1 amide bonds. The van der Waals surface area contributed by atoms with Crippen molar-refractivity contribution in [3.8, 4) is 34.1 Å². The molecule has 5 rings (SSSR count). The number of para-hydroxylation sites is 1. The van der Waals surface area contributed by atoms with Crippen LogP contribution in [0.3, 0.4) is 0 Å². The van der Waals surface area contributed by atoms with Crippen molar-refractivity contribution in [1.82, 2.24) is 10.6 Å². The molecule has 0 saturated heterocycles. The molecule has 6 nitrogen and oxygen atoms in total. The zero-order valence-electron chi connectivity index (χ0n) is 25.5. The van der Waals surface area contributed by atoms with Gasteiger partial charge in [0.05, 0.1) is 0 Å². The molecule has 0 aliphatic carbocycles. The summed E-state index contributed by atoms with van der Waals surface area (Å²) in [6.45, 7) is 6.00. The average Bonchev–Trinajstić information content (AvgIpc) is 3.05. The number of hydrogen-bond donors (Lipinski definition) is 2. The van der Waals surface area contributed by atoms with Gasteiger partial charge in [0.2, 0.25) is 5.91 Å². The number of nitrogens with one attached hydrogen (secondary N) is 2. The Morgan fingerprint density at radius 1 is 0.711 bits per heavy atom. The highest BCUT2D eigenvalue weighted by molar-refractivity contribution is 5.72. The van der Waals surface area contributed by atoms with E-state index in [1.165, 1.54) is 29.7 Å². The molecule has 0 aliphatic heterocycles. The second-order valence-electron chi connectivity index (χ2n) is 10.6. The maximum atomic E-state index is 14.1.